The first-order chi connectivity index (χ1) is 9.11. The first kappa shape index (κ1) is 14.8. The molecule has 2 aliphatic rings. The van der Waals surface area contributed by atoms with Gasteiger partial charge in [0.15, 0.2) is 0 Å². The molecule has 1 aliphatic carbocycles. The fourth-order valence-electron chi connectivity index (χ4n) is 3.40. The lowest BCUT2D eigenvalue weighted by Gasteiger charge is -2.31. The van der Waals surface area contributed by atoms with E-state index in [2.05, 4.69) is 17.1 Å². The van der Waals surface area contributed by atoms with Crippen LogP contribution in [0.4, 0.5) is 0 Å². The number of nitrogens with zero attached hydrogens (tertiary/aromatic N) is 1. The highest BCUT2D eigenvalue weighted by atomic mass is 16.5. The zero-order valence-corrected chi connectivity index (χ0v) is 12.3. The van der Waals surface area contributed by atoms with Crippen molar-refractivity contribution in [2.24, 2.45) is 0 Å². The Bertz CT molecular complexity index is 324. The molecule has 5 heteroatoms. The molecule has 5 nitrogen and oxygen atoms in total. The van der Waals surface area contributed by atoms with Gasteiger partial charge in [-0.25, -0.2) is 0 Å². The van der Waals surface area contributed by atoms with Gasteiger partial charge in [-0.05, 0) is 39.7 Å². The predicted octanol–water partition coefficient (Wildman–Crippen LogP) is 0.781. The molecule has 0 amide bonds. The lowest BCUT2D eigenvalue weighted by atomic mass is 9.97. The summed E-state index contributed by atoms with van der Waals surface area (Å²) in [7, 11) is 3.32. The van der Waals surface area contributed by atoms with Crippen molar-refractivity contribution >= 4 is 5.97 Å². The second-order valence-electron chi connectivity index (χ2n) is 5.75. The van der Waals surface area contributed by atoms with Gasteiger partial charge in [0.1, 0.15) is 5.54 Å². The van der Waals surface area contributed by atoms with Crippen LogP contribution in [0.1, 0.15) is 32.6 Å². The quantitative estimate of drug-likeness (QED) is 0.768. The van der Waals surface area contributed by atoms with E-state index in [1.807, 2.05) is 7.05 Å². The molecule has 3 unspecified atom stereocenters. The number of hydrogen-bond donors (Lipinski definition) is 1. The molecule has 2 fully saturated rings. The second-order valence-corrected chi connectivity index (χ2v) is 5.75. The minimum atomic E-state index is -0.490. The maximum absolute atomic E-state index is 12.0. The normalized spacial score (nSPS) is 37.0. The molecule has 2 rings (SSSR count). The fourth-order valence-corrected chi connectivity index (χ4v) is 3.40. The largest absolute Gasteiger partial charge is 0.468 e. The zero-order chi connectivity index (χ0) is 13.9. The molecule has 0 aromatic carbocycles. The number of carbonyl (C=O) groups excluding carboxylic acids is 1. The van der Waals surface area contributed by atoms with Crippen molar-refractivity contribution < 1.29 is 14.3 Å². The summed E-state index contributed by atoms with van der Waals surface area (Å²) in [6.45, 7) is 5.00. The Morgan fingerprint density at radius 2 is 2.32 bits per heavy atom. The van der Waals surface area contributed by atoms with Crippen LogP contribution in [0.2, 0.25) is 0 Å². The number of nitrogens with one attached hydrogen (secondary N) is 1. The maximum atomic E-state index is 12.0. The lowest BCUT2D eigenvalue weighted by molar-refractivity contribution is -0.148. The van der Waals surface area contributed by atoms with Crippen LogP contribution in [-0.2, 0) is 14.3 Å². The van der Waals surface area contributed by atoms with E-state index >= 15 is 0 Å². The number of carbonyl (C=O) groups is 1. The molecule has 110 valence electrons. The Balaban J connectivity index is 2.01. The molecular formula is C14H26N2O3. The van der Waals surface area contributed by atoms with Gasteiger partial charge in [0.2, 0.25) is 0 Å². The highest BCUT2D eigenvalue weighted by molar-refractivity contribution is 5.81. The third-order valence-electron chi connectivity index (χ3n) is 4.54. The second kappa shape index (κ2) is 6.20. The van der Waals surface area contributed by atoms with Gasteiger partial charge >= 0.3 is 5.97 Å². The van der Waals surface area contributed by atoms with E-state index in [1.54, 1.807) is 0 Å². The molecule has 1 N–H and O–H groups in total. The number of esters is 1. The molecule has 19 heavy (non-hydrogen) atoms. The van der Waals surface area contributed by atoms with Crippen LogP contribution < -0.4 is 5.32 Å². The summed E-state index contributed by atoms with van der Waals surface area (Å²) >= 11 is 0. The Labute approximate surface area is 115 Å². The number of rotatable bonds is 3. The molecule has 0 aromatic heterocycles. The Morgan fingerprint density at radius 1 is 1.53 bits per heavy atom. The molecule has 1 saturated heterocycles. The van der Waals surface area contributed by atoms with Crippen LogP contribution in [0.5, 0.6) is 0 Å². The molecule has 1 heterocycles. The average molecular weight is 270 g/mol. The molecule has 3 atom stereocenters. The highest BCUT2D eigenvalue weighted by Gasteiger charge is 2.46. The minimum absolute atomic E-state index is 0.128. The molecule has 0 spiro atoms. The van der Waals surface area contributed by atoms with E-state index in [0.29, 0.717) is 6.04 Å². The predicted molar refractivity (Wildman–Crippen MR) is 73.0 cm³/mol. The monoisotopic (exact) mass is 270 g/mol. The van der Waals surface area contributed by atoms with Crippen molar-refractivity contribution in [1.82, 2.24) is 10.2 Å². The van der Waals surface area contributed by atoms with Crippen LogP contribution in [0.25, 0.3) is 0 Å². The summed E-state index contributed by atoms with van der Waals surface area (Å²) in [6, 6.07) is 0.454. The van der Waals surface area contributed by atoms with E-state index in [1.165, 1.54) is 7.11 Å². The van der Waals surface area contributed by atoms with Crippen LogP contribution in [0.15, 0.2) is 0 Å². The fraction of sp³-hybridized carbons (Fsp3) is 0.929. The van der Waals surface area contributed by atoms with Crippen molar-refractivity contribution in [3.8, 4) is 0 Å². The van der Waals surface area contributed by atoms with Crippen molar-refractivity contribution in [1.29, 1.82) is 0 Å². The molecular weight excluding hydrogens is 244 g/mol. The molecule has 1 aliphatic heterocycles. The summed E-state index contributed by atoms with van der Waals surface area (Å²) in [5.41, 5.74) is -0.490. The van der Waals surface area contributed by atoms with Crippen LogP contribution in [0.3, 0.4) is 0 Å². The van der Waals surface area contributed by atoms with E-state index in [0.717, 1.165) is 45.4 Å². The summed E-state index contributed by atoms with van der Waals surface area (Å²) < 4.78 is 10.7. The van der Waals surface area contributed by atoms with Crippen LogP contribution >= 0.6 is 0 Å². The van der Waals surface area contributed by atoms with E-state index in [-0.39, 0.29) is 12.1 Å². The van der Waals surface area contributed by atoms with Gasteiger partial charge in [-0.15, -0.1) is 0 Å². The summed E-state index contributed by atoms with van der Waals surface area (Å²) in [4.78, 5) is 14.5. The maximum Gasteiger partial charge on any atom is 0.326 e. The summed E-state index contributed by atoms with van der Waals surface area (Å²) in [6.07, 6.45) is 4.09. The van der Waals surface area contributed by atoms with Gasteiger partial charge in [-0.1, -0.05) is 0 Å². The Morgan fingerprint density at radius 3 is 3.00 bits per heavy atom. The van der Waals surface area contributed by atoms with Crippen molar-refractivity contribution in [3.63, 3.8) is 0 Å². The average Bonchev–Trinajstić information content (AvgIpc) is 2.76. The zero-order valence-electron chi connectivity index (χ0n) is 12.3. The van der Waals surface area contributed by atoms with E-state index < -0.39 is 5.54 Å². The number of likely N-dealkylation sites (N-methyl/N-ethyl adjacent to an activating group) is 1. The van der Waals surface area contributed by atoms with Gasteiger partial charge in [0, 0.05) is 25.7 Å². The molecule has 0 radical (unpaired) electrons. The topological polar surface area (TPSA) is 50.8 Å². The van der Waals surface area contributed by atoms with Crippen molar-refractivity contribution in [2.75, 3.05) is 33.9 Å². The SMILES string of the molecule is CNC1(C(=O)OC)CCC(N2CCCOC(C)C2)C1. The molecule has 1 saturated carbocycles. The third kappa shape index (κ3) is 3.09. The van der Waals surface area contributed by atoms with E-state index in [9.17, 15) is 4.79 Å². The van der Waals surface area contributed by atoms with Crippen molar-refractivity contribution in [2.45, 2.75) is 50.3 Å². The number of methoxy groups -OCH3 is 1. The van der Waals surface area contributed by atoms with Crippen molar-refractivity contribution in [3.05, 3.63) is 0 Å². The summed E-state index contributed by atoms with van der Waals surface area (Å²) in [5.74, 6) is -0.128. The van der Waals surface area contributed by atoms with Gasteiger partial charge in [-0.3, -0.25) is 9.69 Å². The van der Waals surface area contributed by atoms with Gasteiger partial charge in [0.25, 0.3) is 0 Å². The standard InChI is InChI=1S/C14H26N2O3/c1-11-10-16(7-4-8-19-11)12-5-6-14(9-12,15-2)13(17)18-3/h11-12,15H,4-10H2,1-3H3. The first-order valence-corrected chi connectivity index (χ1v) is 7.24. The van der Waals surface area contributed by atoms with Crippen LogP contribution in [-0.4, -0.2) is 62.4 Å². The smallest absolute Gasteiger partial charge is 0.326 e. The van der Waals surface area contributed by atoms with E-state index in [4.69, 9.17) is 9.47 Å². The minimum Gasteiger partial charge on any atom is -0.468 e. The Hall–Kier alpha value is -0.650. The highest BCUT2D eigenvalue weighted by Crippen LogP contribution is 2.34. The lowest BCUT2D eigenvalue weighted by Crippen LogP contribution is -2.50. The van der Waals surface area contributed by atoms with Gasteiger partial charge in [0.05, 0.1) is 13.2 Å². The Kier molecular flexibility index (Phi) is 4.81. The van der Waals surface area contributed by atoms with Gasteiger partial charge in [-0.2, -0.15) is 0 Å². The molecule has 0 aromatic rings. The first-order valence-electron chi connectivity index (χ1n) is 7.24. The van der Waals surface area contributed by atoms with Crippen LogP contribution in [0, 0.1) is 0 Å². The number of ether oxygens (including phenoxy) is 2. The molecule has 0 bridgehead atoms. The summed E-state index contributed by atoms with van der Waals surface area (Å²) in [5, 5.41) is 3.19. The third-order valence-corrected chi connectivity index (χ3v) is 4.54. The van der Waals surface area contributed by atoms with Gasteiger partial charge < -0.3 is 14.8 Å². The number of hydrogen-bond acceptors (Lipinski definition) is 5.